The summed E-state index contributed by atoms with van der Waals surface area (Å²) in [4.78, 5) is 56.8. The fourth-order valence-corrected chi connectivity index (χ4v) is 5.22. The van der Waals surface area contributed by atoms with E-state index < -0.39 is 0 Å². The average molecular weight is 550 g/mol. The van der Waals surface area contributed by atoms with Gasteiger partial charge in [0.25, 0.3) is 11.5 Å². The van der Waals surface area contributed by atoms with Crippen molar-refractivity contribution in [3.05, 3.63) is 71.0 Å². The molecule has 1 fully saturated rings. The van der Waals surface area contributed by atoms with E-state index >= 15 is 0 Å². The van der Waals surface area contributed by atoms with Crippen LogP contribution in [0.25, 0.3) is 10.9 Å². The van der Waals surface area contributed by atoms with Gasteiger partial charge in [-0.2, -0.15) is 0 Å². The molecule has 39 heavy (non-hydrogen) atoms. The Morgan fingerprint density at radius 2 is 1.90 bits per heavy atom. The SMILES string of the molecule is C=CCn1c(SCC(=O)Nc2ccc(OCC)cc2)nc2cc(C(=O)N3CCC(C(N)=O)CC3)ccc2c1=O. The first kappa shape index (κ1) is 27.9. The number of nitrogens with two attached hydrogens (primary N) is 1. The fraction of sp³-hybridized carbons (Fsp3) is 0.321. The summed E-state index contributed by atoms with van der Waals surface area (Å²) in [6.45, 7) is 7.27. The van der Waals surface area contributed by atoms with Gasteiger partial charge in [-0.25, -0.2) is 4.98 Å². The van der Waals surface area contributed by atoms with Crippen molar-refractivity contribution >= 4 is 46.1 Å². The molecule has 0 unspecified atom stereocenters. The van der Waals surface area contributed by atoms with Crippen molar-refractivity contribution in [2.45, 2.75) is 31.5 Å². The molecule has 2 aromatic carbocycles. The monoisotopic (exact) mass is 549 g/mol. The summed E-state index contributed by atoms with van der Waals surface area (Å²) in [5.41, 5.74) is 6.52. The van der Waals surface area contributed by atoms with Crippen molar-refractivity contribution in [1.82, 2.24) is 14.5 Å². The number of hydrogen-bond acceptors (Lipinski definition) is 7. The second kappa shape index (κ2) is 12.6. The first-order valence-corrected chi connectivity index (χ1v) is 13.7. The molecule has 1 aliphatic rings. The number of piperidine rings is 1. The van der Waals surface area contributed by atoms with Gasteiger partial charge in [0, 0.05) is 36.8 Å². The maximum Gasteiger partial charge on any atom is 0.262 e. The Morgan fingerprint density at radius 1 is 1.18 bits per heavy atom. The molecule has 0 spiro atoms. The van der Waals surface area contributed by atoms with E-state index in [9.17, 15) is 19.2 Å². The molecule has 3 aromatic rings. The van der Waals surface area contributed by atoms with E-state index in [0.29, 0.717) is 65.6 Å². The molecule has 4 rings (SSSR count). The third kappa shape index (κ3) is 6.66. The summed E-state index contributed by atoms with van der Waals surface area (Å²) in [5, 5.41) is 3.54. The number of ether oxygens (including phenoxy) is 1. The number of amides is 3. The zero-order valence-corrected chi connectivity index (χ0v) is 22.5. The van der Waals surface area contributed by atoms with Gasteiger partial charge in [0.2, 0.25) is 11.8 Å². The number of fused-ring (bicyclic) bond motifs is 1. The molecular formula is C28H31N5O5S. The van der Waals surface area contributed by atoms with Gasteiger partial charge in [-0.1, -0.05) is 17.8 Å². The van der Waals surface area contributed by atoms with Crippen molar-refractivity contribution in [3.8, 4) is 5.75 Å². The average Bonchev–Trinajstić information content (AvgIpc) is 2.94. The van der Waals surface area contributed by atoms with Crippen LogP contribution in [0.3, 0.4) is 0 Å². The molecule has 3 N–H and O–H groups in total. The number of nitrogens with zero attached hydrogens (tertiary/aromatic N) is 3. The molecule has 0 bridgehead atoms. The Kier molecular flexibility index (Phi) is 9.03. The molecule has 3 amide bonds. The van der Waals surface area contributed by atoms with Gasteiger partial charge in [0.15, 0.2) is 5.16 Å². The van der Waals surface area contributed by atoms with Crippen LogP contribution in [0.4, 0.5) is 5.69 Å². The Hall–Kier alpha value is -4.12. The minimum Gasteiger partial charge on any atom is -0.494 e. The minimum absolute atomic E-state index is 0.0235. The van der Waals surface area contributed by atoms with Crippen molar-refractivity contribution in [2.24, 2.45) is 11.7 Å². The van der Waals surface area contributed by atoms with Crippen LogP contribution >= 0.6 is 11.8 Å². The van der Waals surface area contributed by atoms with E-state index in [2.05, 4.69) is 16.9 Å². The molecule has 1 saturated heterocycles. The first-order chi connectivity index (χ1) is 18.8. The van der Waals surface area contributed by atoms with Crippen molar-refractivity contribution < 1.29 is 19.1 Å². The number of rotatable bonds is 10. The number of carbonyl (C=O) groups excluding carboxylic acids is 3. The van der Waals surface area contributed by atoms with E-state index in [1.807, 2.05) is 6.92 Å². The summed E-state index contributed by atoms with van der Waals surface area (Å²) in [6, 6.07) is 11.9. The van der Waals surface area contributed by atoms with Gasteiger partial charge in [0.05, 0.1) is 23.3 Å². The highest BCUT2D eigenvalue weighted by atomic mass is 32.2. The molecule has 0 radical (unpaired) electrons. The van der Waals surface area contributed by atoms with Crippen LogP contribution in [-0.4, -0.2) is 57.6 Å². The molecule has 0 saturated carbocycles. The van der Waals surface area contributed by atoms with E-state index in [0.717, 1.165) is 11.8 Å². The van der Waals surface area contributed by atoms with E-state index in [1.165, 1.54) is 4.57 Å². The summed E-state index contributed by atoms with van der Waals surface area (Å²) in [6.07, 6.45) is 2.64. The van der Waals surface area contributed by atoms with Gasteiger partial charge in [-0.3, -0.25) is 23.7 Å². The normalized spacial score (nSPS) is 13.7. The number of nitrogens with one attached hydrogen (secondary N) is 1. The topological polar surface area (TPSA) is 137 Å². The number of hydrogen-bond donors (Lipinski definition) is 2. The lowest BCUT2D eigenvalue weighted by Gasteiger charge is -2.30. The highest BCUT2D eigenvalue weighted by molar-refractivity contribution is 7.99. The smallest absolute Gasteiger partial charge is 0.262 e. The first-order valence-electron chi connectivity index (χ1n) is 12.7. The Morgan fingerprint density at radius 3 is 2.54 bits per heavy atom. The third-order valence-corrected chi connectivity index (χ3v) is 7.42. The maximum atomic E-state index is 13.3. The lowest BCUT2D eigenvalue weighted by Crippen LogP contribution is -2.41. The number of primary amides is 1. The Balaban J connectivity index is 1.51. The van der Waals surface area contributed by atoms with Gasteiger partial charge in [-0.05, 0) is 62.2 Å². The van der Waals surface area contributed by atoms with Crippen molar-refractivity contribution in [2.75, 3.05) is 30.8 Å². The molecule has 2 heterocycles. The lowest BCUT2D eigenvalue weighted by atomic mass is 9.96. The van der Waals surface area contributed by atoms with E-state index in [1.54, 1.807) is 53.4 Å². The summed E-state index contributed by atoms with van der Waals surface area (Å²) in [7, 11) is 0. The zero-order valence-electron chi connectivity index (χ0n) is 21.7. The summed E-state index contributed by atoms with van der Waals surface area (Å²) < 4.78 is 6.88. The maximum absolute atomic E-state index is 13.3. The van der Waals surface area contributed by atoms with E-state index in [-0.39, 0.29) is 41.5 Å². The molecule has 204 valence electrons. The van der Waals surface area contributed by atoms with Crippen LogP contribution in [0.1, 0.15) is 30.1 Å². The molecule has 11 heteroatoms. The van der Waals surface area contributed by atoms with Crippen LogP contribution in [-0.2, 0) is 16.1 Å². The Labute approximate surface area is 230 Å². The molecule has 10 nitrogen and oxygen atoms in total. The second-order valence-electron chi connectivity index (χ2n) is 9.09. The van der Waals surface area contributed by atoms with Gasteiger partial charge >= 0.3 is 0 Å². The summed E-state index contributed by atoms with van der Waals surface area (Å²) >= 11 is 1.13. The molecule has 0 atom stereocenters. The minimum atomic E-state index is -0.342. The number of aromatic nitrogens is 2. The van der Waals surface area contributed by atoms with Crippen molar-refractivity contribution in [1.29, 1.82) is 0 Å². The molecule has 0 aliphatic carbocycles. The highest BCUT2D eigenvalue weighted by Crippen LogP contribution is 2.23. The highest BCUT2D eigenvalue weighted by Gasteiger charge is 2.27. The van der Waals surface area contributed by atoms with Crippen molar-refractivity contribution in [3.63, 3.8) is 0 Å². The van der Waals surface area contributed by atoms with Crippen LogP contribution < -0.4 is 21.3 Å². The number of likely N-dealkylation sites (tertiary alicyclic amines) is 1. The predicted molar refractivity (Wildman–Crippen MR) is 151 cm³/mol. The third-order valence-electron chi connectivity index (χ3n) is 6.44. The zero-order chi connectivity index (χ0) is 27.9. The number of benzene rings is 2. The van der Waals surface area contributed by atoms with E-state index in [4.69, 9.17) is 10.5 Å². The fourth-order valence-electron chi connectivity index (χ4n) is 4.41. The van der Waals surface area contributed by atoms with Gasteiger partial charge in [0.1, 0.15) is 5.75 Å². The molecule has 1 aliphatic heterocycles. The summed E-state index contributed by atoms with van der Waals surface area (Å²) in [5.74, 6) is -0.275. The van der Waals surface area contributed by atoms with Crippen LogP contribution in [0, 0.1) is 5.92 Å². The Bertz CT molecular complexity index is 1450. The second-order valence-corrected chi connectivity index (χ2v) is 10.0. The predicted octanol–water partition coefficient (Wildman–Crippen LogP) is 3.05. The number of carbonyl (C=O) groups is 3. The van der Waals surface area contributed by atoms with Crippen LogP contribution in [0.5, 0.6) is 5.75 Å². The largest absolute Gasteiger partial charge is 0.494 e. The van der Waals surface area contributed by atoms with Crippen LogP contribution in [0.2, 0.25) is 0 Å². The lowest BCUT2D eigenvalue weighted by molar-refractivity contribution is -0.123. The number of allylic oxidation sites excluding steroid dienone is 1. The van der Waals surface area contributed by atoms with Gasteiger partial charge < -0.3 is 20.7 Å². The number of thioether (sulfide) groups is 1. The van der Waals surface area contributed by atoms with Gasteiger partial charge in [-0.15, -0.1) is 6.58 Å². The van der Waals surface area contributed by atoms with Crippen LogP contribution in [0.15, 0.2) is 65.1 Å². The molecular weight excluding hydrogens is 518 g/mol. The quantitative estimate of drug-likeness (QED) is 0.225. The number of anilines is 1. The molecule has 1 aromatic heterocycles. The standard InChI is InChI=1S/C28H31N5O5S/c1-3-13-33-27(37)22-10-5-19(26(36)32-14-11-18(12-15-32)25(29)35)16-23(22)31-28(33)39-17-24(34)30-20-6-8-21(9-7-20)38-4-2/h3,5-10,16,18H,1,4,11-15,17H2,2H3,(H2,29,35)(H,30,34).